The first-order valence-electron chi connectivity index (χ1n) is 8.83. The molecule has 0 spiro atoms. The van der Waals surface area contributed by atoms with Crippen molar-refractivity contribution in [3.63, 3.8) is 0 Å². The maximum Gasteiger partial charge on any atom is 0.269 e. The number of anilines is 1. The first-order chi connectivity index (χ1) is 14.4. The first-order valence-corrected chi connectivity index (χ1v) is 9.82. The highest BCUT2D eigenvalue weighted by atomic mass is 32.2. The lowest BCUT2D eigenvalue weighted by atomic mass is 10.2. The van der Waals surface area contributed by atoms with Crippen LogP contribution in [0.1, 0.15) is 5.56 Å². The number of nitrogens with zero attached hydrogens (tertiary/aromatic N) is 3. The minimum Gasteiger partial charge on any atom is -0.325 e. The molecule has 0 saturated carbocycles. The molecule has 0 fully saturated rings. The number of carbonyl (C=O) groups excluding carboxylic acids is 1. The molecule has 0 aliphatic carbocycles. The number of benzene rings is 2. The second kappa shape index (κ2) is 8.07. The lowest BCUT2D eigenvalue weighted by Gasteiger charge is -2.12. The van der Waals surface area contributed by atoms with Crippen molar-refractivity contribution in [2.75, 3.05) is 11.1 Å². The van der Waals surface area contributed by atoms with Crippen molar-refractivity contribution in [2.45, 2.75) is 12.1 Å². The molecule has 2 heterocycles. The number of rotatable bonds is 5. The Balaban J connectivity index is 1.66. The van der Waals surface area contributed by atoms with Gasteiger partial charge in [0.25, 0.3) is 5.56 Å². The van der Waals surface area contributed by atoms with Crippen molar-refractivity contribution >= 4 is 34.4 Å². The molecule has 0 aliphatic heterocycles. The molecule has 4 aromatic rings. The largest absolute Gasteiger partial charge is 0.325 e. The van der Waals surface area contributed by atoms with Gasteiger partial charge in [-0.3, -0.25) is 19.3 Å². The van der Waals surface area contributed by atoms with E-state index in [1.54, 1.807) is 6.07 Å². The SMILES string of the molecule is Cc1cccc(NC(=O)CSc2nc3[nH]ncc3c(=O)n2-c2ccc(F)c(F)c2)c1. The molecule has 0 radical (unpaired) electrons. The summed E-state index contributed by atoms with van der Waals surface area (Å²) >= 11 is 0.992. The van der Waals surface area contributed by atoms with Crippen LogP contribution in [0.25, 0.3) is 16.7 Å². The number of aromatic nitrogens is 4. The fourth-order valence-electron chi connectivity index (χ4n) is 2.87. The van der Waals surface area contributed by atoms with Crippen LogP contribution in [0.3, 0.4) is 0 Å². The summed E-state index contributed by atoms with van der Waals surface area (Å²) in [6, 6.07) is 10.4. The molecule has 2 N–H and O–H groups in total. The van der Waals surface area contributed by atoms with Gasteiger partial charge in [-0.15, -0.1) is 0 Å². The molecule has 0 bridgehead atoms. The number of carbonyl (C=O) groups is 1. The lowest BCUT2D eigenvalue weighted by Crippen LogP contribution is -2.22. The van der Waals surface area contributed by atoms with Crippen LogP contribution in [0.4, 0.5) is 14.5 Å². The zero-order valence-corrected chi connectivity index (χ0v) is 16.5. The van der Waals surface area contributed by atoms with Crippen LogP contribution in [0, 0.1) is 18.6 Å². The Morgan fingerprint density at radius 3 is 2.80 bits per heavy atom. The molecule has 2 aromatic carbocycles. The van der Waals surface area contributed by atoms with Gasteiger partial charge in [-0.1, -0.05) is 23.9 Å². The predicted molar refractivity (Wildman–Crippen MR) is 110 cm³/mol. The van der Waals surface area contributed by atoms with Crippen molar-refractivity contribution in [1.29, 1.82) is 0 Å². The van der Waals surface area contributed by atoms with E-state index in [9.17, 15) is 18.4 Å². The maximum atomic E-state index is 13.8. The number of aryl methyl sites for hydroxylation is 1. The summed E-state index contributed by atoms with van der Waals surface area (Å²) in [5, 5.41) is 9.52. The maximum absolute atomic E-state index is 13.8. The van der Waals surface area contributed by atoms with Crippen LogP contribution in [-0.2, 0) is 4.79 Å². The van der Waals surface area contributed by atoms with E-state index in [1.807, 2.05) is 25.1 Å². The third kappa shape index (κ3) is 3.94. The first kappa shape index (κ1) is 19.8. The fourth-order valence-corrected chi connectivity index (χ4v) is 3.68. The van der Waals surface area contributed by atoms with Gasteiger partial charge in [0.05, 0.1) is 17.6 Å². The summed E-state index contributed by atoms with van der Waals surface area (Å²) in [6.07, 6.45) is 1.31. The summed E-state index contributed by atoms with van der Waals surface area (Å²) in [6.45, 7) is 1.91. The Morgan fingerprint density at radius 2 is 2.03 bits per heavy atom. The number of amides is 1. The molecule has 30 heavy (non-hydrogen) atoms. The number of hydrogen-bond donors (Lipinski definition) is 2. The molecule has 0 saturated heterocycles. The average Bonchev–Trinajstić information content (AvgIpc) is 3.18. The number of nitrogens with one attached hydrogen (secondary N) is 2. The van der Waals surface area contributed by atoms with Gasteiger partial charge in [0.2, 0.25) is 5.91 Å². The highest BCUT2D eigenvalue weighted by Crippen LogP contribution is 2.22. The molecule has 0 unspecified atom stereocenters. The van der Waals surface area contributed by atoms with Gasteiger partial charge < -0.3 is 5.32 Å². The number of hydrogen-bond acceptors (Lipinski definition) is 5. The fraction of sp³-hybridized carbons (Fsp3) is 0.100. The van der Waals surface area contributed by atoms with E-state index in [1.165, 1.54) is 12.3 Å². The van der Waals surface area contributed by atoms with Crippen LogP contribution < -0.4 is 10.9 Å². The summed E-state index contributed by atoms with van der Waals surface area (Å²) in [7, 11) is 0. The van der Waals surface area contributed by atoms with Crippen LogP contribution in [0.5, 0.6) is 0 Å². The van der Waals surface area contributed by atoms with E-state index in [2.05, 4.69) is 20.5 Å². The Morgan fingerprint density at radius 1 is 1.20 bits per heavy atom. The van der Waals surface area contributed by atoms with Crippen molar-refractivity contribution in [3.05, 3.63) is 76.2 Å². The molecule has 0 aliphatic rings. The minimum absolute atomic E-state index is 0.0519. The van der Waals surface area contributed by atoms with Crippen molar-refractivity contribution in [2.24, 2.45) is 0 Å². The van der Waals surface area contributed by atoms with Crippen molar-refractivity contribution in [3.8, 4) is 5.69 Å². The number of H-pyrrole nitrogens is 1. The molecule has 4 rings (SSSR count). The number of fused-ring (bicyclic) bond motifs is 1. The highest BCUT2D eigenvalue weighted by Gasteiger charge is 2.17. The molecule has 0 atom stereocenters. The van der Waals surface area contributed by atoms with Gasteiger partial charge in [0.1, 0.15) is 5.39 Å². The molecule has 7 nitrogen and oxygen atoms in total. The van der Waals surface area contributed by atoms with Crippen LogP contribution >= 0.6 is 11.8 Å². The molecular formula is C20H15F2N5O2S. The normalized spacial score (nSPS) is 11.0. The zero-order valence-electron chi connectivity index (χ0n) is 15.6. The Labute approximate surface area is 173 Å². The molecule has 1 amide bonds. The van der Waals surface area contributed by atoms with Gasteiger partial charge in [-0.05, 0) is 36.8 Å². The molecular weight excluding hydrogens is 412 g/mol. The monoisotopic (exact) mass is 427 g/mol. The minimum atomic E-state index is -1.10. The van der Waals surface area contributed by atoms with Crippen LogP contribution in [0.2, 0.25) is 0 Å². The Kier molecular flexibility index (Phi) is 5.32. The van der Waals surface area contributed by atoms with E-state index in [4.69, 9.17) is 0 Å². The van der Waals surface area contributed by atoms with Gasteiger partial charge in [-0.25, -0.2) is 13.8 Å². The average molecular weight is 427 g/mol. The zero-order chi connectivity index (χ0) is 21.3. The Bertz CT molecular complexity index is 1320. The molecule has 2 aromatic heterocycles. The van der Waals surface area contributed by atoms with E-state index in [-0.39, 0.29) is 33.5 Å². The molecule has 152 valence electrons. The second-order valence-corrected chi connectivity index (χ2v) is 7.41. The topological polar surface area (TPSA) is 92.7 Å². The van der Waals surface area contributed by atoms with Crippen LogP contribution in [-0.4, -0.2) is 31.4 Å². The smallest absolute Gasteiger partial charge is 0.269 e. The summed E-state index contributed by atoms with van der Waals surface area (Å²) in [5.74, 6) is -2.49. The summed E-state index contributed by atoms with van der Waals surface area (Å²) in [4.78, 5) is 29.6. The van der Waals surface area contributed by atoms with Crippen LogP contribution in [0.15, 0.2) is 58.6 Å². The summed E-state index contributed by atoms with van der Waals surface area (Å²) in [5.41, 5.74) is 1.47. The lowest BCUT2D eigenvalue weighted by molar-refractivity contribution is -0.113. The van der Waals surface area contributed by atoms with E-state index in [0.29, 0.717) is 5.69 Å². The number of thioether (sulfide) groups is 1. The third-order valence-electron chi connectivity index (χ3n) is 4.25. The summed E-state index contributed by atoms with van der Waals surface area (Å²) < 4.78 is 28.3. The van der Waals surface area contributed by atoms with Gasteiger partial charge in [0, 0.05) is 11.8 Å². The van der Waals surface area contributed by atoms with E-state index < -0.39 is 17.2 Å². The van der Waals surface area contributed by atoms with E-state index in [0.717, 1.165) is 34.0 Å². The second-order valence-electron chi connectivity index (χ2n) is 6.47. The van der Waals surface area contributed by atoms with Gasteiger partial charge >= 0.3 is 0 Å². The third-order valence-corrected chi connectivity index (χ3v) is 5.19. The molecule has 10 heteroatoms. The van der Waals surface area contributed by atoms with E-state index >= 15 is 0 Å². The van der Waals surface area contributed by atoms with Crippen molar-refractivity contribution < 1.29 is 13.6 Å². The number of halogens is 2. The standard InChI is InChI=1S/C20H15F2N5O2S/c1-11-3-2-4-12(7-11)24-17(28)10-30-20-25-18-14(9-23-26-18)19(29)27(20)13-5-6-15(21)16(22)8-13/h2-9H,10H2,1H3,(H,23,26)(H,24,28). The quantitative estimate of drug-likeness (QED) is 0.376. The van der Waals surface area contributed by atoms with Crippen molar-refractivity contribution in [1.82, 2.24) is 19.7 Å². The van der Waals surface area contributed by atoms with Gasteiger partial charge in [0.15, 0.2) is 22.4 Å². The number of aromatic amines is 1. The predicted octanol–water partition coefficient (Wildman–Crippen LogP) is 3.43. The highest BCUT2D eigenvalue weighted by molar-refractivity contribution is 7.99. The Hall–Kier alpha value is -3.53. The van der Waals surface area contributed by atoms with Gasteiger partial charge in [-0.2, -0.15) is 5.10 Å².